The summed E-state index contributed by atoms with van der Waals surface area (Å²) in [6, 6.07) is 19.6. The number of nitrogens with zero attached hydrogens (tertiary/aromatic N) is 2. The first-order chi connectivity index (χ1) is 11.6. The minimum Gasteiger partial charge on any atom is -0.348 e. The SMILES string of the molecule is Cc1cc(C)n(Cc2ccc(C(=O)NCc3ccccc3)cc2)n1. The van der Waals surface area contributed by atoms with Gasteiger partial charge in [0.25, 0.3) is 5.91 Å². The molecule has 0 saturated heterocycles. The quantitative estimate of drug-likeness (QED) is 0.782. The molecule has 0 bridgehead atoms. The molecule has 24 heavy (non-hydrogen) atoms. The molecule has 4 nitrogen and oxygen atoms in total. The number of amides is 1. The largest absolute Gasteiger partial charge is 0.348 e. The average Bonchev–Trinajstić information content (AvgIpc) is 2.91. The number of rotatable bonds is 5. The summed E-state index contributed by atoms with van der Waals surface area (Å²) in [4.78, 5) is 12.2. The Morgan fingerprint density at radius 3 is 2.33 bits per heavy atom. The van der Waals surface area contributed by atoms with Gasteiger partial charge in [-0.1, -0.05) is 42.5 Å². The smallest absolute Gasteiger partial charge is 0.251 e. The van der Waals surface area contributed by atoms with Crippen LogP contribution in [0, 0.1) is 13.8 Å². The van der Waals surface area contributed by atoms with E-state index in [0.717, 1.165) is 22.5 Å². The zero-order valence-electron chi connectivity index (χ0n) is 14.0. The Hall–Kier alpha value is -2.88. The fourth-order valence-electron chi connectivity index (χ4n) is 2.65. The predicted molar refractivity (Wildman–Crippen MR) is 94.9 cm³/mol. The molecule has 0 fully saturated rings. The van der Waals surface area contributed by atoms with Gasteiger partial charge in [0.05, 0.1) is 12.2 Å². The highest BCUT2D eigenvalue weighted by Crippen LogP contribution is 2.09. The third kappa shape index (κ3) is 3.90. The molecule has 3 rings (SSSR count). The van der Waals surface area contributed by atoms with Crippen LogP contribution in [0.4, 0.5) is 0 Å². The van der Waals surface area contributed by atoms with Crippen LogP contribution in [0.1, 0.15) is 32.9 Å². The molecule has 1 heterocycles. The molecule has 1 amide bonds. The highest BCUT2D eigenvalue weighted by atomic mass is 16.1. The summed E-state index contributed by atoms with van der Waals surface area (Å²) in [5, 5.41) is 7.40. The van der Waals surface area contributed by atoms with Crippen molar-refractivity contribution in [1.82, 2.24) is 15.1 Å². The van der Waals surface area contributed by atoms with Crippen molar-refractivity contribution in [3.05, 3.63) is 88.7 Å². The van der Waals surface area contributed by atoms with E-state index in [9.17, 15) is 4.79 Å². The van der Waals surface area contributed by atoms with Crippen LogP contribution in [0.5, 0.6) is 0 Å². The Balaban J connectivity index is 1.61. The lowest BCUT2D eigenvalue weighted by Gasteiger charge is -2.08. The van der Waals surface area contributed by atoms with Crippen molar-refractivity contribution in [3.8, 4) is 0 Å². The van der Waals surface area contributed by atoms with Gasteiger partial charge in [0, 0.05) is 17.8 Å². The molecule has 0 unspecified atom stereocenters. The van der Waals surface area contributed by atoms with Gasteiger partial charge in [-0.05, 0) is 43.2 Å². The molecule has 0 aliphatic carbocycles. The standard InChI is InChI=1S/C20H21N3O/c1-15-12-16(2)23(22-15)14-18-8-10-19(11-9-18)20(24)21-13-17-6-4-3-5-7-17/h3-12H,13-14H2,1-2H3,(H,21,24). The van der Waals surface area contributed by atoms with Crippen LogP contribution < -0.4 is 5.32 Å². The van der Waals surface area contributed by atoms with E-state index in [1.807, 2.05) is 73.1 Å². The molecule has 4 heteroatoms. The number of nitrogens with one attached hydrogen (secondary N) is 1. The van der Waals surface area contributed by atoms with E-state index in [0.29, 0.717) is 18.7 Å². The zero-order valence-corrected chi connectivity index (χ0v) is 14.0. The van der Waals surface area contributed by atoms with Crippen LogP contribution >= 0.6 is 0 Å². The van der Waals surface area contributed by atoms with Crippen molar-refractivity contribution in [2.45, 2.75) is 26.9 Å². The number of aryl methyl sites for hydroxylation is 2. The first kappa shape index (κ1) is 16.0. The third-order valence-electron chi connectivity index (χ3n) is 3.95. The van der Waals surface area contributed by atoms with Gasteiger partial charge in [-0.2, -0.15) is 5.10 Å². The molecule has 0 spiro atoms. The minimum absolute atomic E-state index is 0.0588. The van der Waals surface area contributed by atoms with E-state index in [1.54, 1.807) is 0 Å². The van der Waals surface area contributed by atoms with E-state index < -0.39 is 0 Å². The highest BCUT2D eigenvalue weighted by molar-refractivity contribution is 5.94. The van der Waals surface area contributed by atoms with E-state index in [4.69, 9.17) is 0 Å². The van der Waals surface area contributed by atoms with E-state index >= 15 is 0 Å². The van der Waals surface area contributed by atoms with Gasteiger partial charge in [-0.25, -0.2) is 0 Å². The van der Waals surface area contributed by atoms with Crippen molar-refractivity contribution in [2.75, 3.05) is 0 Å². The van der Waals surface area contributed by atoms with Gasteiger partial charge in [-0.15, -0.1) is 0 Å². The van der Waals surface area contributed by atoms with Crippen LogP contribution in [0.3, 0.4) is 0 Å². The van der Waals surface area contributed by atoms with Crippen LogP contribution in [-0.2, 0) is 13.1 Å². The van der Waals surface area contributed by atoms with Gasteiger partial charge in [0.15, 0.2) is 0 Å². The molecule has 3 aromatic rings. The fourth-order valence-corrected chi connectivity index (χ4v) is 2.65. The molecule has 0 saturated carbocycles. The fraction of sp³-hybridized carbons (Fsp3) is 0.200. The maximum Gasteiger partial charge on any atom is 0.251 e. The van der Waals surface area contributed by atoms with Gasteiger partial charge >= 0.3 is 0 Å². The van der Waals surface area contributed by atoms with Gasteiger partial charge in [0.2, 0.25) is 0 Å². The molecule has 0 atom stereocenters. The number of hydrogen-bond donors (Lipinski definition) is 1. The van der Waals surface area contributed by atoms with Crippen molar-refractivity contribution >= 4 is 5.91 Å². The molecule has 1 N–H and O–H groups in total. The normalized spacial score (nSPS) is 10.6. The summed E-state index contributed by atoms with van der Waals surface area (Å²) in [6.45, 7) is 5.29. The first-order valence-corrected chi connectivity index (χ1v) is 8.04. The van der Waals surface area contributed by atoms with Gasteiger partial charge < -0.3 is 5.32 Å². The molecular weight excluding hydrogens is 298 g/mol. The lowest BCUT2D eigenvalue weighted by molar-refractivity contribution is 0.0951. The van der Waals surface area contributed by atoms with E-state index in [1.165, 1.54) is 0 Å². The lowest BCUT2D eigenvalue weighted by atomic mass is 10.1. The Morgan fingerprint density at radius 1 is 1.00 bits per heavy atom. The molecule has 2 aromatic carbocycles. The maximum atomic E-state index is 12.2. The summed E-state index contributed by atoms with van der Waals surface area (Å²) in [6.07, 6.45) is 0. The summed E-state index contributed by atoms with van der Waals surface area (Å²) >= 11 is 0. The predicted octanol–water partition coefficient (Wildman–Crippen LogP) is 3.48. The van der Waals surface area contributed by atoms with E-state index in [2.05, 4.69) is 16.5 Å². The second-order valence-corrected chi connectivity index (χ2v) is 5.95. The topological polar surface area (TPSA) is 46.9 Å². The number of benzene rings is 2. The minimum atomic E-state index is -0.0588. The Kier molecular flexibility index (Phi) is 4.75. The summed E-state index contributed by atoms with van der Waals surface area (Å²) in [5.41, 5.74) is 5.04. The maximum absolute atomic E-state index is 12.2. The monoisotopic (exact) mass is 319 g/mol. The van der Waals surface area contributed by atoms with Crippen molar-refractivity contribution < 1.29 is 4.79 Å². The lowest BCUT2D eigenvalue weighted by Crippen LogP contribution is -2.22. The Morgan fingerprint density at radius 2 is 1.71 bits per heavy atom. The second-order valence-electron chi connectivity index (χ2n) is 5.95. The number of carbonyl (C=O) groups is 1. The van der Waals surface area contributed by atoms with Crippen LogP contribution in [0.25, 0.3) is 0 Å². The van der Waals surface area contributed by atoms with Gasteiger partial charge in [-0.3, -0.25) is 9.48 Å². The first-order valence-electron chi connectivity index (χ1n) is 8.04. The van der Waals surface area contributed by atoms with Crippen molar-refractivity contribution in [2.24, 2.45) is 0 Å². The third-order valence-corrected chi connectivity index (χ3v) is 3.95. The van der Waals surface area contributed by atoms with Crippen molar-refractivity contribution in [3.63, 3.8) is 0 Å². The van der Waals surface area contributed by atoms with Crippen LogP contribution in [0.2, 0.25) is 0 Å². The van der Waals surface area contributed by atoms with Gasteiger partial charge in [0.1, 0.15) is 0 Å². The molecule has 0 aliphatic rings. The summed E-state index contributed by atoms with van der Waals surface area (Å²) in [7, 11) is 0. The number of hydrogen-bond acceptors (Lipinski definition) is 2. The van der Waals surface area contributed by atoms with Crippen molar-refractivity contribution in [1.29, 1.82) is 0 Å². The molecule has 0 radical (unpaired) electrons. The highest BCUT2D eigenvalue weighted by Gasteiger charge is 2.06. The molecular formula is C20H21N3O. The van der Waals surface area contributed by atoms with Crippen LogP contribution in [-0.4, -0.2) is 15.7 Å². The Labute approximate surface area is 142 Å². The number of carbonyl (C=O) groups excluding carboxylic acids is 1. The van der Waals surface area contributed by atoms with E-state index in [-0.39, 0.29) is 5.91 Å². The zero-order chi connectivity index (χ0) is 16.9. The average molecular weight is 319 g/mol. The molecule has 0 aliphatic heterocycles. The molecule has 1 aromatic heterocycles. The second kappa shape index (κ2) is 7.13. The molecule has 122 valence electrons. The summed E-state index contributed by atoms with van der Waals surface area (Å²) in [5.74, 6) is -0.0588. The van der Waals surface area contributed by atoms with Crippen LogP contribution in [0.15, 0.2) is 60.7 Å². The number of aromatic nitrogens is 2. The Bertz CT molecular complexity index is 820. The summed E-state index contributed by atoms with van der Waals surface area (Å²) < 4.78 is 1.97.